The number of nitrogens with one attached hydrogen (secondary N) is 1. The molecule has 0 aliphatic carbocycles. The zero-order valence-corrected chi connectivity index (χ0v) is 13.2. The lowest BCUT2D eigenvalue weighted by atomic mass is 10.2. The van der Waals surface area contributed by atoms with Crippen molar-refractivity contribution in [3.63, 3.8) is 0 Å². The fraction of sp³-hybridized carbons (Fsp3) is 0.188. The molecule has 0 radical (unpaired) electrons. The lowest BCUT2D eigenvalue weighted by Crippen LogP contribution is -2.24. The number of nitrogens with zero attached hydrogens (tertiary/aromatic N) is 1. The Morgan fingerprint density at radius 1 is 1.30 bits per heavy atom. The van der Waals surface area contributed by atoms with Crippen molar-refractivity contribution in [3.05, 3.63) is 52.0 Å². The lowest BCUT2D eigenvalue weighted by molar-refractivity contribution is 0.0606. The number of amides is 1. The molecule has 23 heavy (non-hydrogen) atoms. The van der Waals surface area contributed by atoms with Crippen LogP contribution in [0, 0.1) is 11.8 Å². The molecule has 1 N–H and O–H groups in total. The summed E-state index contributed by atoms with van der Waals surface area (Å²) in [5, 5.41) is 2.99. The summed E-state index contributed by atoms with van der Waals surface area (Å²) >= 11 is 1.13. The van der Waals surface area contributed by atoms with E-state index in [1.54, 1.807) is 0 Å². The minimum absolute atomic E-state index is 0.126. The van der Waals surface area contributed by atoms with Crippen LogP contribution >= 0.6 is 11.3 Å². The summed E-state index contributed by atoms with van der Waals surface area (Å²) in [6.07, 6.45) is 0.861. The molecule has 0 bridgehead atoms. The van der Waals surface area contributed by atoms with Crippen LogP contribution in [0.2, 0.25) is 0 Å². The zero-order valence-electron chi connectivity index (χ0n) is 12.4. The van der Waals surface area contributed by atoms with E-state index in [9.17, 15) is 9.59 Å². The van der Waals surface area contributed by atoms with Crippen LogP contribution in [-0.4, -0.2) is 30.7 Å². The predicted octanol–water partition coefficient (Wildman–Crippen LogP) is 2.21. The Balaban J connectivity index is 1.73. The molecule has 0 fully saturated rings. The van der Waals surface area contributed by atoms with Gasteiger partial charge in [-0.15, -0.1) is 0 Å². The van der Waals surface area contributed by atoms with E-state index < -0.39 is 12.1 Å². The minimum atomic E-state index is -0.544. The Labute approximate surface area is 137 Å². The van der Waals surface area contributed by atoms with Crippen molar-refractivity contribution in [1.29, 1.82) is 0 Å². The average Bonchev–Trinajstić information content (AvgIpc) is 3.06. The third kappa shape index (κ3) is 5.45. The summed E-state index contributed by atoms with van der Waals surface area (Å²) in [5.74, 6) is 5.04. The largest absolute Gasteiger partial charge is 0.465 e. The van der Waals surface area contributed by atoms with Crippen LogP contribution < -0.4 is 5.32 Å². The van der Waals surface area contributed by atoms with E-state index in [4.69, 9.17) is 4.74 Å². The summed E-state index contributed by atoms with van der Waals surface area (Å²) in [6.45, 7) is 0.329. The van der Waals surface area contributed by atoms with Gasteiger partial charge in [0.15, 0.2) is 5.01 Å². The standard InChI is InChI=1S/C16H14N2O4S/c1-21-15(19)13-10-18-14(23-13)8-5-9-17-16(20)22-11-12-6-3-2-4-7-12/h2-4,6-7,10H,9,11H2,1H3,(H,17,20). The van der Waals surface area contributed by atoms with Gasteiger partial charge in [-0.05, 0) is 11.5 Å². The number of hydrogen-bond acceptors (Lipinski definition) is 6. The summed E-state index contributed by atoms with van der Waals surface area (Å²) in [6, 6.07) is 9.38. The van der Waals surface area contributed by atoms with Crippen molar-refractivity contribution in [2.45, 2.75) is 6.61 Å². The van der Waals surface area contributed by atoms with Gasteiger partial charge in [-0.1, -0.05) is 47.6 Å². The van der Waals surface area contributed by atoms with Crippen LogP contribution in [0.4, 0.5) is 4.79 Å². The Hall–Kier alpha value is -2.85. The van der Waals surface area contributed by atoms with Crippen LogP contribution in [0.15, 0.2) is 36.5 Å². The van der Waals surface area contributed by atoms with Crippen molar-refractivity contribution in [1.82, 2.24) is 10.3 Å². The monoisotopic (exact) mass is 330 g/mol. The minimum Gasteiger partial charge on any atom is -0.465 e. The molecule has 0 saturated heterocycles. The first-order valence-electron chi connectivity index (χ1n) is 6.66. The quantitative estimate of drug-likeness (QED) is 0.687. The van der Waals surface area contributed by atoms with E-state index in [0.29, 0.717) is 9.88 Å². The summed E-state index contributed by atoms with van der Waals surface area (Å²) in [7, 11) is 1.30. The SMILES string of the molecule is COC(=O)c1cnc(C#CCNC(=O)OCc2ccccc2)s1. The number of aromatic nitrogens is 1. The number of ether oxygens (including phenoxy) is 2. The number of esters is 1. The van der Waals surface area contributed by atoms with Crippen molar-refractivity contribution in [3.8, 4) is 11.8 Å². The van der Waals surface area contributed by atoms with Gasteiger partial charge < -0.3 is 14.8 Å². The Bertz CT molecular complexity index is 731. The molecule has 1 amide bonds. The van der Waals surface area contributed by atoms with E-state index in [-0.39, 0.29) is 13.2 Å². The van der Waals surface area contributed by atoms with Gasteiger partial charge in [0, 0.05) is 0 Å². The molecule has 1 aromatic carbocycles. The number of carbonyl (C=O) groups is 2. The maximum absolute atomic E-state index is 11.5. The second-order valence-electron chi connectivity index (χ2n) is 4.24. The van der Waals surface area contributed by atoms with Gasteiger partial charge in [-0.25, -0.2) is 14.6 Å². The Morgan fingerprint density at radius 3 is 2.83 bits per heavy atom. The number of methoxy groups -OCH3 is 1. The fourth-order valence-corrected chi connectivity index (χ4v) is 2.25. The lowest BCUT2D eigenvalue weighted by Gasteiger charge is -2.04. The Kier molecular flexibility index (Phi) is 6.15. The van der Waals surface area contributed by atoms with Gasteiger partial charge >= 0.3 is 12.1 Å². The first kappa shape index (κ1) is 16.5. The van der Waals surface area contributed by atoms with Crippen LogP contribution in [0.1, 0.15) is 20.2 Å². The normalized spacial score (nSPS) is 9.43. The van der Waals surface area contributed by atoms with Crippen molar-refractivity contribution < 1.29 is 19.1 Å². The first-order chi connectivity index (χ1) is 11.2. The molecule has 0 spiro atoms. The first-order valence-corrected chi connectivity index (χ1v) is 7.48. The molecule has 6 nitrogen and oxygen atoms in total. The van der Waals surface area contributed by atoms with Gasteiger partial charge in [-0.3, -0.25) is 0 Å². The molecule has 2 aromatic rings. The molecule has 1 aromatic heterocycles. The third-order valence-electron chi connectivity index (χ3n) is 2.62. The van der Waals surface area contributed by atoms with Crippen molar-refractivity contribution in [2.24, 2.45) is 0 Å². The smallest absolute Gasteiger partial charge is 0.408 e. The van der Waals surface area contributed by atoms with Crippen LogP contribution in [0.5, 0.6) is 0 Å². The highest BCUT2D eigenvalue weighted by molar-refractivity contribution is 7.14. The van der Waals surface area contributed by atoms with Gasteiger partial charge in [0.25, 0.3) is 0 Å². The number of carbonyl (C=O) groups excluding carboxylic acids is 2. The number of benzene rings is 1. The third-order valence-corrected chi connectivity index (χ3v) is 3.51. The molecule has 2 rings (SSSR count). The van der Waals surface area contributed by atoms with Gasteiger partial charge in [-0.2, -0.15) is 0 Å². The zero-order chi connectivity index (χ0) is 16.5. The molecule has 7 heteroatoms. The molecular formula is C16H14N2O4S. The molecular weight excluding hydrogens is 316 g/mol. The van der Waals surface area contributed by atoms with Crippen LogP contribution in [0.3, 0.4) is 0 Å². The highest BCUT2D eigenvalue weighted by atomic mass is 32.1. The highest BCUT2D eigenvalue weighted by Crippen LogP contribution is 2.12. The second-order valence-corrected chi connectivity index (χ2v) is 5.27. The maximum Gasteiger partial charge on any atom is 0.408 e. The van der Waals surface area contributed by atoms with Crippen LogP contribution in [-0.2, 0) is 16.1 Å². The second kappa shape index (κ2) is 8.56. The van der Waals surface area contributed by atoms with E-state index in [1.165, 1.54) is 13.3 Å². The number of thiazole rings is 1. The van der Waals surface area contributed by atoms with E-state index in [0.717, 1.165) is 16.9 Å². The molecule has 0 aliphatic heterocycles. The predicted molar refractivity (Wildman–Crippen MR) is 85.0 cm³/mol. The molecule has 0 saturated carbocycles. The van der Waals surface area contributed by atoms with Crippen LogP contribution in [0.25, 0.3) is 0 Å². The summed E-state index contributed by atoms with van der Waals surface area (Å²) in [5.41, 5.74) is 0.909. The summed E-state index contributed by atoms with van der Waals surface area (Å²) in [4.78, 5) is 27.1. The van der Waals surface area contributed by atoms with Crippen molar-refractivity contribution in [2.75, 3.05) is 13.7 Å². The van der Waals surface area contributed by atoms with Gasteiger partial charge in [0.2, 0.25) is 0 Å². The topological polar surface area (TPSA) is 77.5 Å². The molecule has 1 heterocycles. The average molecular weight is 330 g/mol. The maximum atomic E-state index is 11.5. The highest BCUT2D eigenvalue weighted by Gasteiger charge is 2.08. The van der Waals surface area contributed by atoms with E-state index in [1.807, 2.05) is 30.3 Å². The van der Waals surface area contributed by atoms with Gasteiger partial charge in [0.05, 0.1) is 19.9 Å². The number of alkyl carbamates (subject to hydrolysis) is 1. The molecule has 0 unspecified atom stereocenters. The van der Waals surface area contributed by atoms with E-state index >= 15 is 0 Å². The Morgan fingerprint density at radius 2 is 2.09 bits per heavy atom. The molecule has 0 aliphatic rings. The van der Waals surface area contributed by atoms with Gasteiger partial charge in [0.1, 0.15) is 11.5 Å². The van der Waals surface area contributed by atoms with E-state index in [2.05, 4.69) is 26.9 Å². The number of hydrogen-bond donors (Lipinski definition) is 1. The fourth-order valence-electron chi connectivity index (χ4n) is 1.54. The number of rotatable bonds is 4. The molecule has 0 atom stereocenters. The molecule has 118 valence electrons. The summed E-state index contributed by atoms with van der Waals surface area (Å²) < 4.78 is 9.62. The van der Waals surface area contributed by atoms with Crippen molar-refractivity contribution >= 4 is 23.4 Å².